The number of non-ortho nitro benzene ring substituents is 1. The summed E-state index contributed by atoms with van der Waals surface area (Å²) in [5.74, 6) is -4.30. The standard InChI is InChI=1S/C23H16F3IN4O6/c1-36-21(32)17-16(11-6-4-3-5-7-11)13(10-28)20(29)30(19(17)22(33)37-2)18-14(23(24,25)26)8-12(31(34)35)9-15(18)27/h3-9,16H,29H2,1-2H3. The number of halogens is 4. The van der Waals surface area contributed by atoms with E-state index >= 15 is 0 Å². The summed E-state index contributed by atoms with van der Waals surface area (Å²) in [4.78, 5) is 36.9. The lowest BCUT2D eigenvalue weighted by atomic mass is 9.80. The number of carbonyl (C=O) groups is 2. The van der Waals surface area contributed by atoms with Gasteiger partial charge < -0.3 is 15.2 Å². The van der Waals surface area contributed by atoms with Gasteiger partial charge in [-0.05, 0) is 28.2 Å². The lowest BCUT2D eigenvalue weighted by Gasteiger charge is -2.37. The molecule has 0 fully saturated rings. The van der Waals surface area contributed by atoms with E-state index in [1.165, 1.54) is 34.7 Å². The van der Waals surface area contributed by atoms with Crippen molar-refractivity contribution >= 4 is 45.9 Å². The van der Waals surface area contributed by atoms with Crippen LogP contribution >= 0.6 is 22.6 Å². The number of nitrogens with two attached hydrogens (primary N) is 1. The maximum Gasteiger partial charge on any atom is 0.418 e. The molecule has 0 amide bonds. The Kier molecular flexibility index (Phi) is 7.77. The summed E-state index contributed by atoms with van der Waals surface area (Å²) in [5, 5.41) is 21.3. The van der Waals surface area contributed by atoms with Crippen LogP contribution in [0, 0.1) is 25.0 Å². The second-order valence-corrected chi connectivity index (χ2v) is 8.58. The molecule has 37 heavy (non-hydrogen) atoms. The third kappa shape index (κ3) is 4.94. The minimum absolute atomic E-state index is 0.271. The van der Waals surface area contributed by atoms with Crippen molar-refractivity contribution in [2.45, 2.75) is 12.1 Å². The fraction of sp³-hybridized carbons (Fsp3) is 0.174. The smallest absolute Gasteiger partial charge is 0.418 e. The Labute approximate surface area is 221 Å². The number of nitro benzene ring substituents is 1. The summed E-state index contributed by atoms with van der Waals surface area (Å²) in [6.45, 7) is 0. The number of rotatable bonds is 5. The summed E-state index contributed by atoms with van der Waals surface area (Å²) in [6, 6.07) is 10.8. The van der Waals surface area contributed by atoms with Crippen molar-refractivity contribution < 1.29 is 37.2 Å². The van der Waals surface area contributed by atoms with Crippen LogP contribution in [-0.2, 0) is 25.2 Å². The molecule has 2 aromatic rings. The van der Waals surface area contributed by atoms with Crippen LogP contribution in [0.1, 0.15) is 17.0 Å². The van der Waals surface area contributed by atoms with E-state index in [4.69, 9.17) is 15.2 Å². The van der Waals surface area contributed by atoms with Gasteiger partial charge in [-0.15, -0.1) is 0 Å². The number of nitrogens with zero attached hydrogens (tertiary/aromatic N) is 3. The Hall–Kier alpha value is -4.13. The van der Waals surface area contributed by atoms with Crippen LogP contribution in [0.5, 0.6) is 0 Å². The van der Waals surface area contributed by atoms with E-state index in [1.54, 1.807) is 18.2 Å². The Morgan fingerprint density at radius 1 is 1.16 bits per heavy atom. The quantitative estimate of drug-likeness (QED) is 0.224. The third-order valence-corrected chi connectivity index (χ3v) is 6.22. The zero-order valence-electron chi connectivity index (χ0n) is 19.0. The van der Waals surface area contributed by atoms with Crippen molar-refractivity contribution in [3.63, 3.8) is 0 Å². The molecule has 1 aliphatic heterocycles. The number of alkyl halides is 3. The first kappa shape index (κ1) is 27.5. The molecule has 2 N–H and O–H groups in total. The second-order valence-electron chi connectivity index (χ2n) is 7.41. The minimum atomic E-state index is -5.17. The molecule has 10 nitrogen and oxygen atoms in total. The number of anilines is 1. The van der Waals surface area contributed by atoms with Crippen LogP contribution in [0.2, 0.25) is 0 Å². The van der Waals surface area contributed by atoms with Crippen molar-refractivity contribution in [1.29, 1.82) is 5.26 Å². The van der Waals surface area contributed by atoms with Crippen LogP contribution in [0.3, 0.4) is 0 Å². The van der Waals surface area contributed by atoms with Crippen molar-refractivity contribution in [1.82, 2.24) is 0 Å². The highest BCUT2D eigenvalue weighted by Gasteiger charge is 2.47. The maximum absolute atomic E-state index is 14.2. The average molecular weight is 628 g/mol. The van der Waals surface area contributed by atoms with E-state index in [0.29, 0.717) is 10.5 Å². The highest BCUT2D eigenvalue weighted by molar-refractivity contribution is 14.1. The number of hydrogen-bond acceptors (Lipinski definition) is 9. The molecule has 0 spiro atoms. The molecule has 0 aliphatic carbocycles. The van der Waals surface area contributed by atoms with E-state index in [9.17, 15) is 38.1 Å². The number of hydrogen-bond donors (Lipinski definition) is 1. The number of nitriles is 1. The van der Waals surface area contributed by atoms with E-state index in [2.05, 4.69) is 0 Å². The zero-order chi connectivity index (χ0) is 27.7. The number of carbonyl (C=O) groups excluding carboxylic acids is 2. The molecule has 0 bridgehead atoms. The SMILES string of the molecule is COC(=O)C1=C(C(=O)OC)N(c2c(I)cc([N+](=O)[O-])cc2C(F)(F)F)C(N)=C(C#N)C1c1ccccc1. The van der Waals surface area contributed by atoms with E-state index in [-0.39, 0.29) is 15.2 Å². The lowest BCUT2D eigenvalue weighted by Crippen LogP contribution is -2.42. The first-order valence-corrected chi connectivity index (χ1v) is 11.2. The predicted octanol–water partition coefficient (Wildman–Crippen LogP) is 4.12. The number of nitro groups is 1. The van der Waals surface area contributed by atoms with Gasteiger partial charge in [0.25, 0.3) is 5.69 Å². The Balaban J connectivity index is 2.55. The molecule has 1 aliphatic rings. The lowest BCUT2D eigenvalue weighted by molar-refractivity contribution is -0.385. The van der Waals surface area contributed by atoms with Crippen LogP contribution in [0.25, 0.3) is 0 Å². The molecule has 1 heterocycles. The summed E-state index contributed by atoms with van der Waals surface area (Å²) >= 11 is 1.41. The fourth-order valence-corrected chi connectivity index (χ4v) is 4.73. The highest BCUT2D eigenvalue weighted by atomic mass is 127. The molecule has 1 atom stereocenters. The fourth-order valence-electron chi connectivity index (χ4n) is 3.88. The largest absolute Gasteiger partial charge is 0.466 e. The summed E-state index contributed by atoms with van der Waals surface area (Å²) in [5.41, 5.74) is 1.74. The van der Waals surface area contributed by atoms with Crippen LogP contribution in [0.15, 0.2) is 65.1 Å². The first-order valence-electron chi connectivity index (χ1n) is 10.1. The normalized spacial score (nSPS) is 15.8. The Morgan fingerprint density at radius 3 is 2.24 bits per heavy atom. The van der Waals surface area contributed by atoms with Crippen LogP contribution < -0.4 is 10.6 Å². The highest BCUT2D eigenvalue weighted by Crippen LogP contribution is 2.48. The Morgan fingerprint density at radius 2 is 1.76 bits per heavy atom. The van der Waals surface area contributed by atoms with Gasteiger partial charge in [0, 0.05) is 15.7 Å². The van der Waals surface area contributed by atoms with Crippen LogP contribution in [0.4, 0.5) is 24.5 Å². The first-order chi connectivity index (χ1) is 17.4. The molecular formula is C23H16F3IN4O6. The van der Waals surface area contributed by atoms with Gasteiger partial charge in [0.2, 0.25) is 0 Å². The monoisotopic (exact) mass is 628 g/mol. The molecule has 0 radical (unpaired) electrons. The Bertz CT molecular complexity index is 1400. The van der Waals surface area contributed by atoms with Gasteiger partial charge in [0.1, 0.15) is 11.5 Å². The van der Waals surface area contributed by atoms with Gasteiger partial charge in [0.05, 0.1) is 53.5 Å². The maximum atomic E-state index is 14.2. The number of benzene rings is 2. The van der Waals surface area contributed by atoms with Crippen LogP contribution in [-0.4, -0.2) is 31.1 Å². The number of esters is 2. The van der Waals surface area contributed by atoms with E-state index in [1.807, 2.05) is 6.07 Å². The zero-order valence-corrected chi connectivity index (χ0v) is 21.2. The molecule has 2 aromatic carbocycles. The van der Waals surface area contributed by atoms with Crippen molar-refractivity contribution in [2.75, 3.05) is 19.1 Å². The third-order valence-electron chi connectivity index (χ3n) is 5.40. The summed E-state index contributed by atoms with van der Waals surface area (Å²) < 4.78 is 51.9. The number of ether oxygens (including phenoxy) is 2. The average Bonchev–Trinajstić information content (AvgIpc) is 2.86. The molecule has 0 saturated heterocycles. The number of methoxy groups -OCH3 is 2. The van der Waals surface area contributed by atoms with Crippen molar-refractivity contribution in [3.05, 3.63) is 89.9 Å². The molecule has 192 valence electrons. The van der Waals surface area contributed by atoms with Gasteiger partial charge in [-0.25, -0.2) is 9.59 Å². The summed E-state index contributed by atoms with van der Waals surface area (Å²) in [6.07, 6.45) is -5.17. The minimum Gasteiger partial charge on any atom is -0.466 e. The van der Waals surface area contributed by atoms with Gasteiger partial charge >= 0.3 is 18.1 Å². The molecule has 1 unspecified atom stereocenters. The molecule has 3 rings (SSSR count). The predicted molar refractivity (Wildman–Crippen MR) is 130 cm³/mol. The number of allylic oxidation sites excluding steroid dienone is 1. The van der Waals surface area contributed by atoms with Gasteiger partial charge in [0.15, 0.2) is 0 Å². The topological polar surface area (TPSA) is 149 Å². The van der Waals surface area contributed by atoms with E-state index < -0.39 is 63.0 Å². The van der Waals surface area contributed by atoms with Crippen molar-refractivity contribution in [2.24, 2.45) is 5.73 Å². The molecular weight excluding hydrogens is 612 g/mol. The van der Waals surface area contributed by atoms with Gasteiger partial charge in [-0.2, -0.15) is 18.4 Å². The van der Waals surface area contributed by atoms with Gasteiger partial charge in [-0.1, -0.05) is 30.3 Å². The second kappa shape index (κ2) is 10.5. The van der Waals surface area contributed by atoms with Gasteiger partial charge in [-0.3, -0.25) is 15.0 Å². The van der Waals surface area contributed by atoms with Crippen molar-refractivity contribution in [3.8, 4) is 6.07 Å². The molecule has 0 saturated carbocycles. The van der Waals surface area contributed by atoms with E-state index in [0.717, 1.165) is 20.3 Å². The summed E-state index contributed by atoms with van der Waals surface area (Å²) in [7, 11) is 1.92. The molecule has 14 heteroatoms. The molecule has 0 aromatic heterocycles.